The predicted molar refractivity (Wildman–Crippen MR) is 104 cm³/mol. The van der Waals surface area contributed by atoms with Crippen LogP contribution in [-0.4, -0.2) is 34.5 Å². The van der Waals surface area contributed by atoms with Gasteiger partial charge in [-0.25, -0.2) is 0 Å². The lowest BCUT2D eigenvalue weighted by atomic mass is 9.64. The molecule has 0 aromatic carbocycles. The Morgan fingerprint density at radius 2 is 1.56 bits per heavy atom. The second kappa shape index (κ2) is 12.1. The summed E-state index contributed by atoms with van der Waals surface area (Å²) in [5.74, 6) is -2.15. The van der Waals surface area contributed by atoms with Crippen molar-refractivity contribution in [1.82, 2.24) is 0 Å². The van der Waals surface area contributed by atoms with Gasteiger partial charge in [-0.05, 0) is 38.0 Å². The molecule has 27 heavy (non-hydrogen) atoms. The van der Waals surface area contributed by atoms with Gasteiger partial charge in [-0.15, -0.1) is 0 Å². The summed E-state index contributed by atoms with van der Waals surface area (Å²) in [5.41, 5.74) is 4.74. The molecule has 0 spiro atoms. The van der Waals surface area contributed by atoms with E-state index in [1.54, 1.807) is 0 Å². The second-order valence-corrected chi connectivity index (χ2v) is 8.07. The molecule has 0 aromatic rings. The van der Waals surface area contributed by atoms with E-state index in [9.17, 15) is 19.5 Å². The van der Waals surface area contributed by atoms with Crippen LogP contribution in [0.15, 0.2) is 0 Å². The Bertz CT molecular complexity index is 485. The molecular weight excluding hydrogens is 346 g/mol. The number of rotatable bonds is 15. The van der Waals surface area contributed by atoms with E-state index in [0.29, 0.717) is 19.3 Å². The number of aliphatic carboxylic acids is 2. The minimum atomic E-state index is -0.946. The molecule has 0 aliphatic heterocycles. The van der Waals surface area contributed by atoms with Crippen LogP contribution in [0.3, 0.4) is 0 Å². The summed E-state index contributed by atoms with van der Waals surface area (Å²) >= 11 is 0. The van der Waals surface area contributed by atoms with Crippen LogP contribution in [0, 0.1) is 17.3 Å². The Morgan fingerprint density at radius 1 is 0.963 bits per heavy atom. The highest BCUT2D eigenvalue weighted by molar-refractivity contribution is 5.90. The van der Waals surface area contributed by atoms with Crippen molar-refractivity contribution in [2.75, 3.05) is 6.54 Å². The largest absolute Gasteiger partial charge is 0.481 e. The molecule has 156 valence electrons. The highest BCUT2D eigenvalue weighted by Gasteiger charge is 2.52. The van der Waals surface area contributed by atoms with Gasteiger partial charge in [-0.3, -0.25) is 14.4 Å². The van der Waals surface area contributed by atoms with E-state index in [1.165, 1.54) is 0 Å². The Hall–Kier alpha value is -1.43. The van der Waals surface area contributed by atoms with Gasteiger partial charge in [0.05, 0.1) is 12.0 Å². The summed E-state index contributed by atoms with van der Waals surface area (Å²) in [6.45, 7) is 2.01. The summed E-state index contributed by atoms with van der Waals surface area (Å²) in [5, 5.41) is 18.7. The maximum atomic E-state index is 12.8. The van der Waals surface area contributed by atoms with Crippen molar-refractivity contribution < 1.29 is 24.6 Å². The maximum absolute atomic E-state index is 12.8. The number of carbonyl (C=O) groups is 3. The van der Waals surface area contributed by atoms with E-state index in [4.69, 9.17) is 10.8 Å². The normalized spacial score (nSPS) is 18.1. The SMILES string of the molecule is CCCCC(CCCCCCC(=O)O)C(C(=O)CN)C1(C(=O)O)CCCC1. The van der Waals surface area contributed by atoms with Crippen LogP contribution in [0.4, 0.5) is 0 Å². The molecule has 6 heteroatoms. The van der Waals surface area contributed by atoms with Crippen LogP contribution >= 0.6 is 0 Å². The molecule has 1 aliphatic rings. The van der Waals surface area contributed by atoms with Crippen LogP contribution in [0.1, 0.15) is 90.4 Å². The first-order valence-corrected chi connectivity index (χ1v) is 10.6. The predicted octanol–water partition coefficient (Wildman–Crippen LogP) is 4.01. The number of unbranched alkanes of at least 4 members (excludes halogenated alkanes) is 4. The average Bonchev–Trinajstić information content (AvgIpc) is 3.12. The molecule has 0 heterocycles. The molecule has 1 rings (SSSR count). The monoisotopic (exact) mass is 383 g/mol. The van der Waals surface area contributed by atoms with Crippen molar-refractivity contribution in [2.45, 2.75) is 90.4 Å². The number of carbonyl (C=O) groups excluding carboxylic acids is 1. The Kier molecular flexibility index (Phi) is 10.6. The first kappa shape index (κ1) is 23.6. The van der Waals surface area contributed by atoms with Gasteiger partial charge >= 0.3 is 11.9 Å². The molecule has 1 saturated carbocycles. The van der Waals surface area contributed by atoms with Crippen molar-refractivity contribution in [3.05, 3.63) is 0 Å². The standard InChI is InChI=1S/C21H37NO5/c1-2-3-10-16(11-6-4-5-7-12-18(24)25)19(17(23)15-22)21(20(26)27)13-8-9-14-21/h16,19H,2-15,22H2,1H3,(H,24,25)(H,26,27). The molecule has 2 unspecified atom stereocenters. The van der Waals surface area contributed by atoms with Gasteiger partial charge in [-0.2, -0.15) is 0 Å². The molecule has 1 aliphatic carbocycles. The van der Waals surface area contributed by atoms with E-state index in [-0.39, 0.29) is 24.7 Å². The number of carboxylic acid groups (broad SMARTS) is 2. The quantitative estimate of drug-likeness (QED) is 0.368. The van der Waals surface area contributed by atoms with Crippen molar-refractivity contribution >= 4 is 17.7 Å². The number of Topliss-reactive ketones (excluding diaryl/α,β-unsaturated/α-hetero) is 1. The molecule has 0 radical (unpaired) electrons. The summed E-state index contributed by atoms with van der Waals surface area (Å²) in [6, 6.07) is 0. The smallest absolute Gasteiger partial charge is 0.310 e. The van der Waals surface area contributed by atoms with E-state index in [2.05, 4.69) is 6.92 Å². The summed E-state index contributed by atoms with van der Waals surface area (Å²) < 4.78 is 0. The molecule has 2 atom stereocenters. The first-order chi connectivity index (χ1) is 12.9. The van der Waals surface area contributed by atoms with Crippen molar-refractivity contribution in [3.63, 3.8) is 0 Å². The fourth-order valence-electron chi connectivity index (χ4n) is 4.79. The first-order valence-electron chi connectivity index (χ1n) is 10.6. The van der Waals surface area contributed by atoms with Gasteiger partial charge in [0, 0.05) is 12.3 Å². The van der Waals surface area contributed by atoms with Gasteiger partial charge in [0.1, 0.15) is 0 Å². The zero-order valence-corrected chi connectivity index (χ0v) is 16.8. The second-order valence-electron chi connectivity index (χ2n) is 8.07. The molecule has 0 bridgehead atoms. The zero-order chi connectivity index (χ0) is 20.3. The van der Waals surface area contributed by atoms with Gasteiger partial charge in [0.15, 0.2) is 5.78 Å². The number of ketones is 1. The molecule has 4 N–H and O–H groups in total. The lowest BCUT2D eigenvalue weighted by Crippen LogP contribution is -2.46. The van der Waals surface area contributed by atoms with E-state index in [1.807, 2.05) is 0 Å². The van der Waals surface area contributed by atoms with Crippen molar-refractivity contribution in [2.24, 2.45) is 23.0 Å². The van der Waals surface area contributed by atoms with Crippen LogP contribution in [0.2, 0.25) is 0 Å². The Labute approximate surface area is 162 Å². The summed E-state index contributed by atoms with van der Waals surface area (Å²) in [6.07, 6.45) is 10.0. The topological polar surface area (TPSA) is 118 Å². The average molecular weight is 384 g/mol. The third kappa shape index (κ3) is 6.91. The highest BCUT2D eigenvalue weighted by atomic mass is 16.4. The lowest BCUT2D eigenvalue weighted by Gasteiger charge is -2.38. The van der Waals surface area contributed by atoms with Crippen molar-refractivity contribution in [1.29, 1.82) is 0 Å². The number of hydrogen-bond acceptors (Lipinski definition) is 4. The summed E-state index contributed by atoms with van der Waals surface area (Å²) in [7, 11) is 0. The number of nitrogens with two attached hydrogens (primary N) is 1. The van der Waals surface area contributed by atoms with E-state index < -0.39 is 23.3 Å². The minimum Gasteiger partial charge on any atom is -0.481 e. The minimum absolute atomic E-state index is 0.0506. The molecule has 0 aromatic heterocycles. The van der Waals surface area contributed by atoms with Crippen molar-refractivity contribution in [3.8, 4) is 0 Å². The lowest BCUT2D eigenvalue weighted by molar-refractivity contribution is -0.158. The van der Waals surface area contributed by atoms with Gasteiger partial charge in [0.25, 0.3) is 0 Å². The van der Waals surface area contributed by atoms with E-state index in [0.717, 1.165) is 57.8 Å². The number of carboxylic acids is 2. The third-order valence-corrected chi connectivity index (χ3v) is 6.18. The molecular formula is C21H37NO5. The third-order valence-electron chi connectivity index (χ3n) is 6.18. The summed E-state index contributed by atoms with van der Waals surface area (Å²) in [4.78, 5) is 35.6. The highest BCUT2D eigenvalue weighted by Crippen LogP contribution is 2.49. The Morgan fingerprint density at radius 3 is 2.07 bits per heavy atom. The molecule has 0 saturated heterocycles. The fraction of sp³-hybridized carbons (Fsp3) is 0.857. The molecule has 0 amide bonds. The van der Waals surface area contributed by atoms with Crippen LogP contribution in [0.25, 0.3) is 0 Å². The molecule has 6 nitrogen and oxygen atoms in total. The maximum Gasteiger partial charge on any atom is 0.310 e. The van der Waals surface area contributed by atoms with Crippen LogP contribution < -0.4 is 5.73 Å². The van der Waals surface area contributed by atoms with Gasteiger partial charge in [-0.1, -0.05) is 51.9 Å². The van der Waals surface area contributed by atoms with Gasteiger partial charge < -0.3 is 15.9 Å². The fourth-order valence-corrected chi connectivity index (χ4v) is 4.79. The van der Waals surface area contributed by atoms with E-state index >= 15 is 0 Å². The van der Waals surface area contributed by atoms with Crippen LogP contribution in [0.5, 0.6) is 0 Å². The van der Waals surface area contributed by atoms with Crippen LogP contribution in [-0.2, 0) is 14.4 Å². The molecule has 1 fully saturated rings. The zero-order valence-electron chi connectivity index (χ0n) is 16.8. The van der Waals surface area contributed by atoms with Gasteiger partial charge in [0.2, 0.25) is 0 Å². The Balaban J connectivity index is 2.84. The number of hydrogen-bond donors (Lipinski definition) is 3.